The molecule has 0 amide bonds. The highest BCUT2D eigenvalue weighted by Crippen LogP contribution is 2.28. The normalized spacial score (nSPS) is 9.95. The first-order valence-corrected chi connectivity index (χ1v) is 6.58. The number of halogens is 1. The molecule has 4 nitrogen and oxygen atoms in total. The molecule has 0 saturated carbocycles. The van der Waals surface area contributed by atoms with E-state index in [9.17, 15) is 4.39 Å². The first kappa shape index (κ1) is 14.7. The maximum atomic E-state index is 13.6. The van der Waals surface area contributed by atoms with Gasteiger partial charge in [-0.25, -0.2) is 4.39 Å². The second kappa shape index (κ2) is 6.62. The van der Waals surface area contributed by atoms with Crippen molar-refractivity contribution in [1.29, 1.82) is 5.26 Å². The summed E-state index contributed by atoms with van der Waals surface area (Å²) >= 11 is 0. The molecule has 0 aliphatic rings. The van der Waals surface area contributed by atoms with Gasteiger partial charge < -0.3 is 15.8 Å². The van der Waals surface area contributed by atoms with Crippen molar-refractivity contribution in [3.63, 3.8) is 0 Å². The van der Waals surface area contributed by atoms with Crippen LogP contribution in [0.15, 0.2) is 36.4 Å². The molecule has 0 aromatic heterocycles. The molecular formula is C16H16FN3O. The molecule has 21 heavy (non-hydrogen) atoms. The molecule has 108 valence electrons. The fraction of sp³-hybridized carbons (Fsp3) is 0.188. The van der Waals surface area contributed by atoms with E-state index >= 15 is 0 Å². The van der Waals surface area contributed by atoms with Crippen LogP contribution in [0, 0.1) is 17.1 Å². The quantitative estimate of drug-likeness (QED) is 0.827. The van der Waals surface area contributed by atoms with Gasteiger partial charge in [-0.2, -0.15) is 5.26 Å². The lowest BCUT2D eigenvalue weighted by Crippen LogP contribution is -2.05. The van der Waals surface area contributed by atoms with Gasteiger partial charge in [0.25, 0.3) is 0 Å². The molecule has 0 radical (unpaired) electrons. The molecule has 5 heteroatoms. The van der Waals surface area contributed by atoms with E-state index in [0.717, 1.165) is 5.56 Å². The number of nitrogens with one attached hydrogen (secondary N) is 1. The van der Waals surface area contributed by atoms with E-state index < -0.39 is 5.82 Å². The number of anilines is 2. The van der Waals surface area contributed by atoms with Crippen molar-refractivity contribution in [2.75, 3.05) is 17.7 Å². The minimum atomic E-state index is -0.480. The maximum Gasteiger partial charge on any atom is 0.167 e. The Kier molecular flexibility index (Phi) is 4.62. The number of hydrogen-bond acceptors (Lipinski definition) is 4. The predicted octanol–water partition coefficient (Wildman–Crippen LogP) is 3.29. The van der Waals surface area contributed by atoms with E-state index in [1.807, 2.05) is 12.1 Å². The van der Waals surface area contributed by atoms with Crippen LogP contribution in [0.25, 0.3) is 0 Å². The molecule has 0 aliphatic carbocycles. The van der Waals surface area contributed by atoms with Gasteiger partial charge in [0.1, 0.15) is 0 Å². The monoisotopic (exact) mass is 285 g/mol. The van der Waals surface area contributed by atoms with E-state index in [1.165, 1.54) is 6.07 Å². The first-order chi connectivity index (χ1) is 10.1. The van der Waals surface area contributed by atoms with Crippen molar-refractivity contribution < 1.29 is 9.13 Å². The highest BCUT2D eigenvalue weighted by Gasteiger charge is 2.08. The van der Waals surface area contributed by atoms with Gasteiger partial charge in [-0.05, 0) is 24.6 Å². The Hall–Kier alpha value is -2.74. The number of ether oxygens (including phenoxy) is 1. The van der Waals surface area contributed by atoms with Gasteiger partial charge in [-0.3, -0.25) is 0 Å². The Bertz CT molecular complexity index is 680. The molecule has 3 N–H and O–H groups in total. The van der Waals surface area contributed by atoms with Crippen molar-refractivity contribution in [2.45, 2.75) is 13.5 Å². The summed E-state index contributed by atoms with van der Waals surface area (Å²) in [5, 5.41) is 12.0. The highest BCUT2D eigenvalue weighted by atomic mass is 19.1. The van der Waals surface area contributed by atoms with Gasteiger partial charge in [0.2, 0.25) is 0 Å². The molecule has 2 aromatic carbocycles. The molecule has 0 atom stereocenters. The fourth-order valence-corrected chi connectivity index (χ4v) is 1.94. The standard InChI is InChI=1S/C16H16FN3O/c1-2-21-16-8-15(14(19)7-13(16)17)20-10-12-5-3-4-11(6-12)9-18/h3-8,20H,2,10,19H2,1H3. The summed E-state index contributed by atoms with van der Waals surface area (Å²) in [5.74, 6) is -0.314. The summed E-state index contributed by atoms with van der Waals surface area (Å²) < 4.78 is 18.8. The van der Waals surface area contributed by atoms with Crippen LogP contribution in [0.5, 0.6) is 5.75 Å². The van der Waals surface area contributed by atoms with Crippen LogP contribution in [-0.4, -0.2) is 6.61 Å². The number of nitrogens with zero attached hydrogens (tertiary/aromatic N) is 1. The smallest absolute Gasteiger partial charge is 0.167 e. The molecule has 2 aromatic rings. The second-order valence-corrected chi connectivity index (χ2v) is 4.47. The van der Waals surface area contributed by atoms with Gasteiger partial charge in [-0.1, -0.05) is 12.1 Å². The van der Waals surface area contributed by atoms with Crippen LogP contribution < -0.4 is 15.8 Å². The third-order valence-electron chi connectivity index (χ3n) is 2.94. The summed E-state index contributed by atoms with van der Waals surface area (Å²) in [4.78, 5) is 0. The third-order valence-corrected chi connectivity index (χ3v) is 2.94. The predicted molar refractivity (Wildman–Crippen MR) is 80.5 cm³/mol. The van der Waals surface area contributed by atoms with Gasteiger partial charge in [-0.15, -0.1) is 0 Å². The van der Waals surface area contributed by atoms with E-state index in [2.05, 4.69) is 11.4 Å². The summed E-state index contributed by atoms with van der Waals surface area (Å²) in [6.45, 7) is 2.65. The summed E-state index contributed by atoms with van der Waals surface area (Å²) in [7, 11) is 0. The largest absolute Gasteiger partial charge is 0.491 e. The van der Waals surface area contributed by atoms with Crippen LogP contribution in [0.4, 0.5) is 15.8 Å². The van der Waals surface area contributed by atoms with Gasteiger partial charge in [0.15, 0.2) is 11.6 Å². The van der Waals surface area contributed by atoms with E-state index in [4.69, 9.17) is 15.7 Å². The van der Waals surface area contributed by atoms with E-state index in [-0.39, 0.29) is 5.75 Å². The number of rotatable bonds is 5. The SMILES string of the molecule is CCOc1cc(NCc2cccc(C#N)c2)c(N)cc1F. The number of hydrogen-bond donors (Lipinski definition) is 2. The van der Waals surface area contributed by atoms with E-state index in [1.54, 1.807) is 25.1 Å². The molecular weight excluding hydrogens is 269 g/mol. The maximum absolute atomic E-state index is 13.6. The van der Waals surface area contributed by atoms with Crippen LogP contribution in [0.1, 0.15) is 18.1 Å². The zero-order chi connectivity index (χ0) is 15.2. The second-order valence-electron chi connectivity index (χ2n) is 4.47. The minimum absolute atomic E-state index is 0.167. The summed E-state index contributed by atoms with van der Waals surface area (Å²) in [5.41, 5.74) is 8.24. The number of nitriles is 1. The van der Waals surface area contributed by atoms with Crippen LogP contribution in [-0.2, 0) is 6.54 Å². The Morgan fingerprint density at radius 1 is 1.33 bits per heavy atom. The van der Waals surface area contributed by atoms with E-state index in [0.29, 0.717) is 30.1 Å². The Labute approximate surface area is 123 Å². The lowest BCUT2D eigenvalue weighted by Gasteiger charge is -2.12. The van der Waals surface area contributed by atoms with Gasteiger partial charge in [0, 0.05) is 18.7 Å². The molecule has 0 bridgehead atoms. The van der Waals surface area contributed by atoms with Crippen molar-refractivity contribution in [3.05, 3.63) is 53.3 Å². The van der Waals surface area contributed by atoms with Gasteiger partial charge in [0.05, 0.1) is 29.6 Å². The van der Waals surface area contributed by atoms with Crippen molar-refractivity contribution in [1.82, 2.24) is 0 Å². The third kappa shape index (κ3) is 3.63. The molecule has 0 unspecified atom stereocenters. The molecule has 0 heterocycles. The van der Waals surface area contributed by atoms with Crippen molar-refractivity contribution in [3.8, 4) is 11.8 Å². The average molecular weight is 285 g/mol. The fourth-order valence-electron chi connectivity index (χ4n) is 1.94. The Balaban J connectivity index is 2.15. The van der Waals surface area contributed by atoms with Crippen LogP contribution in [0.2, 0.25) is 0 Å². The number of nitrogen functional groups attached to an aromatic ring is 1. The zero-order valence-corrected chi connectivity index (χ0v) is 11.7. The molecule has 2 rings (SSSR count). The number of benzene rings is 2. The average Bonchev–Trinajstić information content (AvgIpc) is 2.49. The topological polar surface area (TPSA) is 71.1 Å². The minimum Gasteiger partial charge on any atom is -0.491 e. The van der Waals surface area contributed by atoms with Crippen LogP contribution >= 0.6 is 0 Å². The molecule has 0 aliphatic heterocycles. The Morgan fingerprint density at radius 3 is 2.86 bits per heavy atom. The Morgan fingerprint density at radius 2 is 2.14 bits per heavy atom. The lowest BCUT2D eigenvalue weighted by atomic mass is 10.1. The molecule has 0 spiro atoms. The zero-order valence-electron chi connectivity index (χ0n) is 11.7. The van der Waals surface area contributed by atoms with Crippen molar-refractivity contribution >= 4 is 11.4 Å². The van der Waals surface area contributed by atoms with Gasteiger partial charge >= 0.3 is 0 Å². The van der Waals surface area contributed by atoms with Crippen molar-refractivity contribution in [2.24, 2.45) is 0 Å². The summed E-state index contributed by atoms with van der Waals surface area (Å²) in [6, 6.07) is 12.1. The lowest BCUT2D eigenvalue weighted by molar-refractivity contribution is 0.322. The first-order valence-electron chi connectivity index (χ1n) is 6.58. The molecule has 0 fully saturated rings. The number of nitrogens with two attached hydrogens (primary N) is 1. The highest BCUT2D eigenvalue weighted by molar-refractivity contribution is 5.68. The molecule has 0 saturated heterocycles. The van der Waals surface area contributed by atoms with Crippen LogP contribution in [0.3, 0.4) is 0 Å². The summed E-state index contributed by atoms with van der Waals surface area (Å²) in [6.07, 6.45) is 0.